The molecule has 0 spiro atoms. The van der Waals surface area contributed by atoms with Gasteiger partial charge >= 0.3 is 0 Å². The molecule has 0 aliphatic carbocycles. The molecular formula is C19H28N2O2. The number of carbonyl (C=O) groups is 2. The first-order valence-corrected chi connectivity index (χ1v) is 8.27. The van der Waals surface area contributed by atoms with Gasteiger partial charge in [-0.2, -0.15) is 0 Å². The molecule has 1 heterocycles. The zero-order valence-electron chi connectivity index (χ0n) is 15.1. The van der Waals surface area contributed by atoms with Crippen molar-refractivity contribution in [2.75, 3.05) is 18.0 Å². The van der Waals surface area contributed by atoms with Crippen LogP contribution in [0.3, 0.4) is 0 Å². The Labute approximate surface area is 139 Å². The number of hydrogen-bond acceptors (Lipinski definition) is 2. The maximum atomic E-state index is 12.8. The molecule has 0 unspecified atom stereocenters. The van der Waals surface area contributed by atoms with Crippen molar-refractivity contribution in [3.05, 3.63) is 29.3 Å². The molecule has 0 aromatic heterocycles. The molecule has 1 saturated heterocycles. The number of piperazine rings is 1. The minimum absolute atomic E-state index is 0.00325. The van der Waals surface area contributed by atoms with Gasteiger partial charge < -0.3 is 9.80 Å². The van der Waals surface area contributed by atoms with E-state index >= 15 is 0 Å². The fraction of sp³-hybridized carbons (Fsp3) is 0.579. The summed E-state index contributed by atoms with van der Waals surface area (Å²) in [6.07, 6.45) is 0.466. The lowest BCUT2D eigenvalue weighted by molar-refractivity contribution is -0.142. The number of aryl methyl sites for hydroxylation is 2. The Balaban J connectivity index is 2.17. The van der Waals surface area contributed by atoms with Crippen LogP contribution in [0.2, 0.25) is 0 Å². The molecule has 1 atom stereocenters. The highest BCUT2D eigenvalue weighted by Crippen LogP contribution is 2.26. The Kier molecular flexibility index (Phi) is 4.83. The summed E-state index contributed by atoms with van der Waals surface area (Å²) in [6.45, 7) is 13.2. The Hall–Kier alpha value is -1.84. The SMILES string of the molecule is Cc1cc(C)cc(N2CCN(C(=O)CC(C)(C)C)[C@H](C)C2=O)c1. The summed E-state index contributed by atoms with van der Waals surface area (Å²) in [6, 6.07) is 5.76. The number of rotatable bonds is 2. The first kappa shape index (κ1) is 17.5. The molecule has 1 aliphatic rings. The summed E-state index contributed by atoms with van der Waals surface area (Å²) in [7, 11) is 0. The molecule has 0 radical (unpaired) electrons. The average Bonchev–Trinajstić information content (AvgIpc) is 2.38. The molecule has 1 aromatic carbocycles. The van der Waals surface area contributed by atoms with E-state index in [1.807, 2.05) is 58.6 Å². The third-order valence-electron chi connectivity index (χ3n) is 4.18. The summed E-state index contributed by atoms with van der Waals surface area (Å²) in [4.78, 5) is 28.8. The van der Waals surface area contributed by atoms with Crippen molar-refractivity contribution < 1.29 is 9.59 Å². The Morgan fingerprint density at radius 3 is 2.22 bits per heavy atom. The number of anilines is 1. The van der Waals surface area contributed by atoms with Gasteiger partial charge in [0.05, 0.1) is 0 Å². The van der Waals surface area contributed by atoms with Crippen LogP contribution in [-0.2, 0) is 9.59 Å². The van der Waals surface area contributed by atoms with E-state index in [-0.39, 0.29) is 17.2 Å². The third kappa shape index (κ3) is 4.12. The number of amides is 2. The normalized spacial score (nSPS) is 19.2. The Bertz CT molecular complexity index is 596. The van der Waals surface area contributed by atoms with E-state index in [1.54, 1.807) is 4.90 Å². The summed E-state index contributed by atoms with van der Waals surface area (Å²) < 4.78 is 0. The average molecular weight is 316 g/mol. The van der Waals surface area contributed by atoms with Gasteiger partial charge in [-0.25, -0.2) is 0 Å². The number of benzene rings is 1. The number of nitrogens with zero attached hydrogens (tertiary/aromatic N) is 2. The standard InChI is InChI=1S/C19H28N2O2/c1-13-9-14(2)11-16(10-13)21-8-7-20(15(3)18(21)23)17(22)12-19(4,5)6/h9-11,15H,7-8,12H2,1-6H3/t15-/m1/s1. The van der Waals surface area contributed by atoms with E-state index < -0.39 is 6.04 Å². The smallest absolute Gasteiger partial charge is 0.249 e. The highest BCUT2D eigenvalue weighted by atomic mass is 16.2. The van der Waals surface area contributed by atoms with Gasteiger partial charge in [-0.3, -0.25) is 9.59 Å². The zero-order chi connectivity index (χ0) is 17.4. The molecule has 2 rings (SSSR count). The van der Waals surface area contributed by atoms with Crippen LogP contribution in [-0.4, -0.2) is 35.8 Å². The molecule has 23 heavy (non-hydrogen) atoms. The highest BCUT2D eigenvalue weighted by molar-refractivity contribution is 6.00. The van der Waals surface area contributed by atoms with Crippen LogP contribution in [0.25, 0.3) is 0 Å². The summed E-state index contributed by atoms with van der Waals surface area (Å²) >= 11 is 0. The van der Waals surface area contributed by atoms with Gasteiger partial charge in [0.1, 0.15) is 6.04 Å². The Morgan fingerprint density at radius 1 is 1.13 bits per heavy atom. The van der Waals surface area contributed by atoms with Crippen LogP contribution in [0.15, 0.2) is 18.2 Å². The van der Waals surface area contributed by atoms with Crippen molar-refractivity contribution in [2.45, 2.75) is 54.0 Å². The maximum Gasteiger partial charge on any atom is 0.249 e. The second-order valence-corrected chi connectivity index (χ2v) is 7.84. The van der Waals surface area contributed by atoms with Crippen molar-refractivity contribution in [1.82, 2.24) is 4.90 Å². The number of hydrogen-bond donors (Lipinski definition) is 0. The first-order valence-electron chi connectivity index (χ1n) is 8.27. The molecule has 1 aromatic rings. The summed E-state index contributed by atoms with van der Waals surface area (Å²) in [5.74, 6) is 0.0712. The highest BCUT2D eigenvalue weighted by Gasteiger charge is 2.35. The zero-order valence-corrected chi connectivity index (χ0v) is 15.1. The van der Waals surface area contributed by atoms with Crippen LogP contribution < -0.4 is 4.90 Å². The van der Waals surface area contributed by atoms with Crippen LogP contribution in [0, 0.1) is 19.3 Å². The van der Waals surface area contributed by atoms with Crippen molar-refractivity contribution in [1.29, 1.82) is 0 Å². The lowest BCUT2D eigenvalue weighted by atomic mass is 9.91. The molecule has 0 saturated carbocycles. The predicted molar refractivity (Wildman–Crippen MR) is 93.5 cm³/mol. The van der Waals surface area contributed by atoms with Crippen molar-refractivity contribution in [3.8, 4) is 0 Å². The van der Waals surface area contributed by atoms with Gasteiger partial charge in [-0.05, 0) is 49.4 Å². The topological polar surface area (TPSA) is 40.6 Å². The monoisotopic (exact) mass is 316 g/mol. The molecule has 1 aliphatic heterocycles. The minimum atomic E-state index is -0.403. The van der Waals surface area contributed by atoms with E-state index in [1.165, 1.54) is 0 Å². The molecule has 1 fully saturated rings. The summed E-state index contributed by atoms with van der Waals surface area (Å²) in [5.41, 5.74) is 3.16. The second kappa shape index (κ2) is 6.34. The van der Waals surface area contributed by atoms with Crippen LogP contribution in [0.4, 0.5) is 5.69 Å². The van der Waals surface area contributed by atoms with Gasteiger partial charge in [-0.15, -0.1) is 0 Å². The molecule has 0 bridgehead atoms. The Morgan fingerprint density at radius 2 is 1.70 bits per heavy atom. The largest absolute Gasteiger partial charge is 0.329 e. The van der Waals surface area contributed by atoms with Gasteiger partial charge in [-0.1, -0.05) is 26.8 Å². The lowest BCUT2D eigenvalue weighted by Gasteiger charge is -2.40. The quantitative estimate of drug-likeness (QED) is 0.840. The van der Waals surface area contributed by atoms with E-state index in [4.69, 9.17) is 0 Å². The molecule has 4 heteroatoms. The maximum absolute atomic E-state index is 12.8. The van der Waals surface area contributed by atoms with Crippen LogP contribution in [0.1, 0.15) is 45.2 Å². The van der Waals surface area contributed by atoms with Gasteiger partial charge in [0.2, 0.25) is 11.8 Å². The van der Waals surface area contributed by atoms with E-state index in [0.717, 1.165) is 16.8 Å². The second-order valence-electron chi connectivity index (χ2n) is 7.84. The van der Waals surface area contributed by atoms with Gasteiger partial charge in [0.15, 0.2) is 0 Å². The number of carbonyl (C=O) groups excluding carboxylic acids is 2. The fourth-order valence-corrected chi connectivity index (χ4v) is 3.13. The molecule has 126 valence electrons. The van der Waals surface area contributed by atoms with Crippen molar-refractivity contribution >= 4 is 17.5 Å². The summed E-state index contributed by atoms with van der Waals surface area (Å²) in [5, 5.41) is 0. The van der Waals surface area contributed by atoms with E-state index in [9.17, 15) is 9.59 Å². The minimum Gasteiger partial charge on any atom is -0.329 e. The molecular weight excluding hydrogens is 288 g/mol. The van der Waals surface area contributed by atoms with Crippen LogP contribution in [0.5, 0.6) is 0 Å². The first-order chi connectivity index (χ1) is 10.6. The van der Waals surface area contributed by atoms with Crippen molar-refractivity contribution in [3.63, 3.8) is 0 Å². The molecule has 0 N–H and O–H groups in total. The van der Waals surface area contributed by atoms with E-state index in [2.05, 4.69) is 6.07 Å². The lowest BCUT2D eigenvalue weighted by Crippen LogP contribution is -2.58. The molecule has 2 amide bonds. The van der Waals surface area contributed by atoms with Crippen LogP contribution >= 0.6 is 0 Å². The van der Waals surface area contributed by atoms with Crippen molar-refractivity contribution in [2.24, 2.45) is 5.41 Å². The van der Waals surface area contributed by atoms with E-state index in [0.29, 0.717) is 19.5 Å². The predicted octanol–water partition coefficient (Wildman–Crippen LogP) is 3.30. The van der Waals surface area contributed by atoms with Gasteiger partial charge in [0.25, 0.3) is 0 Å². The van der Waals surface area contributed by atoms with Gasteiger partial charge in [0, 0.05) is 25.2 Å². The third-order valence-corrected chi connectivity index (χ3v) is 4.18. The fourth-order valence-electron chi connectivity index (χ4n) is 3.13. The molecule has 4 nitrogen and oxygen atoms in total.